The van der Waals surface area contributed by atoms with E-state index < -0.39 is 14.9 Å². The predicted molar refractivity (Wildman–Crippen MR) is 97.0 cm³/mol. The van der Waals surface area contributed by atoms with Crippen LogP contribution >= 0.6 is 0 Å². The summed E-state index contributed by atoms with van der Waals surface area (Å²) in [6, 6.07) is 3.73. The Morgan fingerprint density at radius 1 is 1.15 bits per heavy atom. The average Bonchev–Trinajstić information content (AvgIpc) is 3.18. The van der Waals surface area contributed by atoms with E-state index in [-0.39, 0.29) is 36.2 Å². The lowest BCUT2D eigenvalue weighted by atomic mass is 10.2. The average molecular weight is 398 g/mol. The van der Waals surface area contributed by atoms with Gasteiger partial charge in [0, 0.05) is 44.9 Å². The van der Waals surface area contributed by atoms with Crippen molar-refractivity contribution in [2.24, 2.45) is 0 Å². The summed E-state index contributed by atoms with van der Waals surface area (Å²) in [5.74, 6) is -0.224. The van der Waals surface area contributed by atoms with Gasteiger partial charge in [0.15, 0.2) is 0 Å². The largest absolute Gasteiger partial charge is 0.395 e. The number of carbonyl (C=O) groups excluding carboxylic acids is 1. The zero-order valence-corrected chi connectivity index (χ0v) is 15.6. The maximum absolute atomic E-state index is 13.1. The summed E-state index contributed by atoms with van der Waals surface area (Å²) in [5, 5.41) is 20.2. The highest BCUT2D eigenvalue weighted by atomic mass is 32.2. The lowest BCUT2D eigenvalue weighted by Crippen LogP contribution is -2.51. The molecular formula is C16H22N4O6S. The van der Waals surface area contributed by atoms with E-state index in [0.29, 0.717) is 31.9 Å². The minimum Gasteiger partial charge on any atom is -0.395 e. The molecule has 0 aliphatic carbocycles. The van der Waals surface area contributed by atoms with Gasteiger partial charge in [0.1, 0.15) is 4.90 Å². The van der Waals surface area contributed by atoms with Crippen LogP contribution in [0.3, 0.4) is 0 Å². The third-order valence-electron chi connectivity index (χ3n) is 4.87. The fourth-order valence-corrected chi connectivity index (χ4v) is 5.17. The predicted octanol–water partition coefficient (Wildman–Crippen LogP) is 0.0202. The number of aliphatic hydroxyl groups excluding tert-OH is 1. The first kappa shape index (κ1) is 19.5. The molecule has 0 unspecified atom stereocenters. The number of nitrogens with zero attached hydrogens (tertiary/aromatic N) is 4. The molecule has 3 rings (SSSR count). The van der Waals surface area contributed by atoms with Crippen LogP contribution in [0.2, 0.25) is 0 Å². The van der Waals surface area contributed by atoms with Crippen LogP contribution in [-0.4, -0.2) is 79.4 Å². The highest BCUT2D eigenvalue weighted by Crippen LogP contribution is 2.33. The molecule has 148 valence electrons. The Bertz CT molecular complexity index is 837. The van der Waals surface area contributed by atoms with E-state index in [2.05, 4.69) is 0 Å². The third-order valence-corrected chi connectivity index (χ3v) is 6.79. The molecule has 2 aliphatic rings. The second kappa shape index (κ2) is 7.79. The van der Waals surface area contributed by atoms with Crippen LogP contribution in [0, 0.1) is 10.1 Å². The Hall–Kier alpha value is -2.24. The molecule has 2 aliphatic heterocycles. The number of nitro benzene ring substituents is 1. The van der Waals surface area contributed by atoms with E-state index in [9.17, 15) is 23.3 Å². The summed E-state index contributed by atoms with van der Waals surface area (Å²) in [4.78, 5) is 25.8. The second-order valence-corrected chi connectivity index (χ2v) is 8.45. The van der Waals surface area contributed by atoms with Gasteiger partial charge in [-0.1, -0.05) is 0 Å². The highest BCUT2D eigenvalue weighted by Gasteiger charge is 2.34. The van der Waals surface area contributed by atoms with E-state index >= 15 is 0 Å². The molecule has 0 spiro atoms. The molecule has 2 saturated heterocycles. The van der Waals surface area contributed by atoms with Crippen molar-refractivity contribution in [3.63, 3.8) is 0 Å². The number of β-amino-alcohol motifs (C(OH)–C–C–N with tert-alkyl or cyclic N) is 1. The Morgan fingerprint density at radius 3 is 2.44 bits per heavy atom. The molecular weight excluding hydrogens is 376 g/mol. The van der Waals surface area contributed by atoms with Gasteiger partial charge in [-0.05, 0) is 18.9 Å². The zero-order chi connectivity index (χ0) is 19.6. The number of nitro groups is 1. The first-order chi connectivity index (χ1) is 12.8. The van der Waals surface area contributed by atoms with Gasteiger partial charge in [-0.15, -0.1) is 0 Å². The van der Waals surface area contributed by atoms with Crippen molar-refractivity contribution in [3.8, 4) is 0 Å². The Kier molecular flexibility index (Phi) is 5.63. The number of amides is 1. The van der Waals surface area contributed by atoms with Crippen molar-refractivity contribution in [2.75, 3.05) is 50.8 Å². The van der Waals surface area contributed by atoms with E-state index in [1.165, 1.54) is 21.3 Å². The molecule has 2 fully saturated rings. The molecule has 0 atom stereocenters. The number of anilines is 1. The summed E-state index contributed by atoms with van der Waals surface area (Å²) in [7, 11) is -3.89. The van der Waals surface area contributed by atoms with Gasteiger partial charge in [-0.25, -0.2) is 8.42 Å². The molecule has 0 bridgehead atoms. The summed E-state index contributed by atoms with van der Waals surface area (Å²) >= 11 is 0. The van der Waals surface area contributed by atoms with Crippen molar-refractivity contribution in [2.45, 2.75) is 17.7 Å². The van der Waals surface area contributed by atoms with Crippen LogP contribution in [0.25, 0.3) is 0 Å². The van der Waals surface area contributed by atoms with Crippen molar-refractivity contribution >= 4 is 27.3 Å². The first-order valence-electron chi connectivity index (χ1n) is 8.77. The number of rotatable bonds is 6. The number of aliphatic hydroxyl groups is 1. The van der Waals surface area contributed by atoms with Gasteiger partial charge >= 0.3 is 0 Å². The van der Waals surface area contributed by atoms with Crippen molar-refractivity contribution < 1.29 is 23.2 Å². The van der Waals surface area contributed by atoms with Crippen LogP contribution in [0.1, 0.15) is 12.8 Å². The molecule has 11 heteroatoms. The van der Waals surface area contributed by atoms with Gasteiger partial charge in [0.05, 0.1) is 23.8 Å². The quantitative estimate of drug-likeness (QED) is 0.529. The molecule has 1 amide bonds. The maximum atomic E-state index is 13.1. The fourth-order valence-electron chi connectivity index (χ4n) is 3.42. The molecule has 2 heterocycles. The SMILES string of the molecule is O=C1CN(c2ccc([N+](=O)[O-])cc2S(=O)(=O)N2CCCC2)CCN1CCO. The Labute approximate surface area is 157 Å². The van der Waals surface area contributed by atoms with Gasteiger partial charge in [-0.3, -0.25) is 14.9 Å². The van der Waals surface area contributed by atoms with Gasteiger partial charge in [0.2, 0.25) is 15.9 Å². The number of hydrogen-bond acceptors (Lipinski definition) is 7. The lowest BCUT2D eigenvalue weighted by Gasteiger charge is -2.36. The molecule has 1 aromatic rings. The second-order valence-electron chi connectivity index (χ2n) is 6.55. The van der Waals surface area contributed by atoms with Crippen LogP contribution < -0.4 is 4.90 Å². The first-order valence-corrected chi connectivity index (χ1v) is 10.2. The van der Waals surface area contributed by atoms with Crippen LogP contribution in [0.15, 0.2) is 23.1 Å². The Morgan fingerprint density at radius 2 is 1.85 bits per heavy atom. The van der Waals surface area contributed by atoms with E-state index in [4.69, 9.17) is 5.11 Å². The minimum atomic E-state index is -3.89. The van der Waals surface area contributed by atoms with Crippen molar-refractivity contribution in [1.82, 2.24) is 9.21 Å². The van der Waals surface area contributed by atoms with Gasteiger partial charge in [0.25, 0.3) is 5.69 Å². The minimum absolute atomic E-state index is 0.0413. The number of carbonyl (C=O) groups is 1. The number of benzene rings is 1. The Balaban J connectivity index is 1.98. The molecule has 0 saturated carbocycles. The topological polar surface area (TPSA) is 124 Å². The number of piperazine rings is 1. The summed E-state index contributed by atoms with van der Waals surface area (Å²) in [6.07, 6.45) is 1.50. The monoisotopic (exact) mass is 398 g/mol. The molecule has 27 heavy (non-hydrogen) atoms. The van der Waals surface area contributed by atoms with Crippen molar-refractivity contribution in [1.29, 1.82) is 0 Å². The van der Waals surface area contributed by atoms with Gasteiger partial charge in [-0.2, -0.15) is 4.31 Å². The third kappa shape index (κ3) is 3.89. The smallest absolute Gasteiger partial charge is 0.270 e. The summed E-state index contributed by atoms with van der Waals surface area (Å²) in [5.41, 5.74) is -0.00809. The molecule has 1 aromatic carbocycles. The molecule has 0 aromatic heterocycles. The van der Waals surface area contributed by atoms with Gasteiger partial charge < -0.3 is 14.9 Å². The van der Waals surface area contributed by atoms with E-state index in [1.54, 1.807) is 4.90 Å². The normalized spacial score (nSPS) is 18.9. The lowest BCUT2D eigenvalue weighted by molar-refractivity contribution is -0.385. The van der Waals surface area contributed by atoms with Crippen LogP contribution in [0.4, 0.5) is 11.4 Å². The van der Waals surface area contributed by atoms with E-state index in [0.717, 1.165) is 18.9 Å². The highest BCUT2D eigenvalue weighted by molar-refractivity contribution is 7.89. The zero-order valence-electron chi connectivity index (χ0n) is 14.8. The molecule has 0 radical (unpaired) electrons. The standard InChI is InChI=1S/C16H22N4O6S/c21-10-9-17-7-8-18(12-16(17)22)14-4-3-13(20(23)24)11-15(14)27(25,26)19-5-1-2-6-19/h3-4,11,21H,1-2,5-10,12H2. The summed E-state index contributed by atoms with van der Waals surface area (Å²) < 4.78 is 27.5. The number of hydrogen-bond donors (Lipinski definition) is 1. The van der Waals surface area contributed by atoms with Crippen molar-refractivity contribution in [3.05, 3.63) is 28.3 Å². The van der Waals surface area contributed by atoms with Crippen LogP contribution in [-0.2, 0) is 14.8 Å². The summed E-state index contributed by atoms with van der Waals surface area (Å²) in [6.45, 7) is 1.54. The maximum Gasteiger partial charge on any atom is 0.270 e. The number of sulfonamides is 1. The van der Waals surface area contributed by atoms with E-state index in [1.807, 2.05) is 0 Å². The van der Waals surface area contributed by atoms with Crippen LogP contribution in [0.5, 0.6) is 0 Å². The number of non-ortho nitro benzene ring substituents is 1. The molecule has 1 N–H and O–H groups in total. The fraction of sp³-hybridized carbons (Fsp3) is 0.562. The molecule has 10 nitrogen and oxygen atoms in total.